The normalized spacial score (nSPS) is 26.8. The second-order valence-electron chi connectivity index (χ2n) is 7.58. The van der Waals surface area contributed by atoms with Gasteiger partial charge < -0.3 is 9.47 Å². The van der Waals surface area contributed by atoms with Crippen molar-refractivity contribution in [2.75, 3.05) is 13.2 Å². The summed E-state index contributed by atoms with van der Waals surface area (Å²) in [7, 11) is 0. The average molecular weight is 358 g/mol. The molecule has 1 saturated heterocycles. The van der Waals surface area contributed by atoms with E-state index in [0.29, 0.717) is 18.3 Å². The molecule has 0 N–H and O–H groups in total. The number of aryl methyl sites for hydroxylation is 1. The van der Waals surface area contributed by atoms with Gasteiger partial charge in [-0.15, -0.1) is 0 Å². The van der Waals surface area contributed by atoms with E-state index in [0.717, 1.165) is 57.3 Å². The molecule has 1 fully saturated rings. The fraction of sp³-hybridized carbons (Fsp3) is 0.565. The van der Waals surface area contributed by atoms with E-state index in [2.05, 4.69) is 43.3 Å². The first-order chi connectivity index (χ1) is 12.7. The van der Waals surface area contributed by atoms with E-state index in [4.69, 9.17) is 9.47 Å². The van der Waals surface area contributed by atoms with Crippen LogP contribution in [-0.4, -0.2) is 13.2 Å². The van der Waals surface area contributed by atoms with E-state index < -0.39 is 0 Å². The first kappa shape index (κ1) is 19.3. The van der Waals surface area contributed by atoms with Gasteiger partial charge in [0.15, 0.2) is 6.29 Å². The first-order valence-electron chi connectivity index (χ1n) is 10.0. The van der Waals surface area contributed by atoms with Crippen LogP contribution in [0.25, 0.3) is 0 Å². The third-order valence-electron chi connectivity index (χ3n) is 5.50. The fourth-order valence-electron chi connectivity index (χ4n) is 3.73. The largest absolute Gasteiger partial charge is 0.348 e. The Bertz CT molecular complexity index is 597. The number of hydrogen-bond donors (Lipinski definition) is 0. The molecule has 0 spiro atoms. The third-order valence-corrected chi connectivity index (χ3v) is 5.50. The molecule has 1 heterocycles. The Hall–Kier alpha value is -1.45. The molecule has 1 aromatic rings. The zero-order chi connectivity index (χ0) is 18.2. The molecule has 0 amide bonds. The highest BCUT2D eigenvalue weighted by Crippen LogP contribution is 2.29. The minimum atomic E-state index is -0.228. The minimum Gasteiger partial charge on any atom is -0.348 e. The monoisotopic (exact) mass is 358 g/mol. The molecular weight excluding hydrogens is 327 g/mol. The number of halogens is 1. The maximum Gasteiger partial charge on any atom is 0.183 e. The lowest BCUT2D eigenvalue weighted by Crippen LogP contribution is -2.27. The molecule has 2 nitrogen and oxygen atoms in total. The highest BCUT2D eigenvalue weighted by molar-refractivity contribution is 5.23. The lowest BCUT2D eigenvalue weighted by molar-refractivity contribution is -0.205. The van der Waals surface area contributed by atoms with Crippen molar-refractivity contribution in [1.29, 1.82) is 0 Å². The average Bonchev–Trinajstić information content (AvgIpc) is 2.69. The lowest BCUT2D eigenvalue weighted by atomic mass is 9.88. The summed E-state index contributed by atoms with van der Waals surface area (Å²) in [5.41, 5.74) is 2.44. The quantitative estimate of drug-likeness (QED) is 0.533. The van der Waals surface area contributed by atoms with Gasteiger partial charge in [-0.25, -0.2) is 4.39 Å². The van der Waals surface area contributed by atoms with Crippen LogP contribution in [0.15, 0.2) is 48.3 Å². The molecule has 2 aliphatic rings. The Morgan fingerprint density at radius 1 is 1.08 bits per heavy atom. The van der Waals surface area contributed by atoms with Crippen LogP contribution in [0, 0.1) is 11.8 Å². The summed E-state index contributed by atoms with van der Waals surface area (Å²) < 4.78 is 24.9. The molecule has 142 valence electrons. The maximum absolute atomic E-state index is 13.1. The van der Waals surface area contributed by atoms with Crippen molar-refractivity contribution in [1.82, 2.24) is 0 Å². The Labute approximate surface area is 157 Å². The van der Waals surface area contributed by atoms with Crippen molar-refractivity contribution < 1.29 is 13.9 Å². The number of ether oxygens (including phenoxy) is 2. The Balaban J connectivity index is 1.42. The van der Waals surface area contributed by atoms with Gasteiger partial charge in [-0.2, -0.15) is 0 Å². The molecule has 26 heavy (non-hydrogen) atoms. The van der Waals surface area contributed by atoms with Gasteiger partial charge >= 0.3 is 0 Å². The third kappa shape index (κ3) is 5.78. The number of hydrogen-bond acceptors (Lipinski definition) is 2. The molecule has 1 aromatic carbocycles. The topological polar surface area (TPSA) is 18.5 Å². The Morgan fingerprint density at radius 2 is 1.85 bits per heavy atom. The van der Waals surface area contributed by atoms with Crippen LogP contribution in [0.1, 0.15) is 62.9 Å². The zero-order valence-electron chi connectivity index (χ0n) is 15.8. The van der Waals surface area contributed by atoms with Crippen LogP contribution in [0.2, 0.25) is 0 Å². The van der Waals surface area contributed by atoms with Crippen molar-refractivity contribution in [2.24, 2.45) is 11.8 Å². The zero-order valence-corrected chi connectivity index (χ0v) is 15.8. The second-order valence-corrected chi connectivity index (χ2v) is 7.58. The standard InChI is InChI=1S/C23H31FO2/c1-2-3-4-5-20-16-25-23(26-17-20)21-12-8-18(9-13-21)6-7-19-10-14-22(24)15-11-19/h2-3,8-9,12-14,19-20,23H,4-7,10-11,15-17H2,1H3. The highest BCUT2D eigenvalue weighted by atomic mass is 19.1. The SMILES string of the molecule is CC=CCCC1COC(c2ccc(CCC3CC=C(F)CC3)cc2)OC1. The van der Waals surface area contributed by atoms with Crippen LogP contribution in [-0.2, 0) is 15.9 Å². The van der Waals surface area contributed by atoms with Crippen LogP contribution >= 0.6 is 0 Å². The molecule has 3 rings (SSSR count). The Morgan fingerprint density at radius 3 is 2.50 bits per heavy atom. The van der Waals surface area contributed by atoms with E-state index in [-0.39, 0.29) is 12.1 Å². The number of rotatable bonds is 7. The first-order valence-corrected chi connectivity index (χ1v) is 10.0. The highest BCUT2D eigenvalue weighted by Gasteiger charge is 2.23. The summed E-state index contributed by atoms with van der Waals surface area (Å²) in [4.78, 5) is 0. The molecule has 1 aliphatic carbocycles. The fourth-order valence-corrected chi connectivity index (χ4v) is 3.73. The van der Waals surface area contributed by atoms with E-state index >= 15 is 0 Å². The van der Waals surface area contributed by atoms with Crippen LogP contribution in [0.3, 0.4) is 0 Å². The predicted molar refractivity (Wildman–Crippen MR) is 103 cm³/mol. The summed E-state index contributed by atoms with van der Waals surface area (Å²) >= 11 is 0. The van der Waals surface area contributed by atoms with Crippen molar-refractivity contribution in [2.45, 2.75) is 58.2 Å². The maximum atomic E-state index is 13.1. The van der Waals surface area contributed by atoms with Crippen molar-refractivity contribution in [3.05, 3.63) is 59.4 Å². The van der Waals surface area contributed by atoms with Gasteiger partial charge in [0, 0.05) is 11.5 Å². The van der Waals surface area contributed by atoms with Gasteiger partial charge in [0.2, 0.25) is 0 Å². The molecule has 0 saturated carbocycles. The number of allylic oxidation sites excluding steroid dienone is 4. The molecule has 0 radical (unpaired) electrons. The van der Waals surface area contributed by atoms with Gasteiger partial charge in [-0.1, -0.05) is 42.5 Å². The second kappa shape index (κ2) is 10.0. The molecule has 1 atom stereocenters. The summed E-state index contributed by atoms with van der Waals surface area (Å²) in [6, 6.07) is 8.61. The van der Waals surface area contributed by atoms with Gasteiger partial charge in [-0.3, -0.25) is 0 Å². The Kier molecular flexibility index (Phi) is 7.45. The summed E-state index contributed by atoms with van der Waals surface area (Å²) in [6.07, 6.45) is 12.7. The minimum absolute atomic E-state index is 0.0714. The van der Waals surface area contributed by atoms with E-state index in [9.17, 15) is 4.39 Å². The molecule has 3 heteroatoms. The summed E-state index contributed by atoms with van der Waals surface area (Å²) in [5, 5.41) is 0. The smallest absolute Gasteiger partial charge is 0.183 e. The van der Waals surface area contributed by atoms with Gasteiger partial charge in [0.1, 0.15) is 0 Å². The summed E-state index contributed by atoms with van der Waals surface area (Å²) in [6.45, 7) is 3.60. The molecule has 1 unspecified atom stereocenters. The molecule has 1 aliphatic heterocycles. The van der Waals surface area contributed by atoms with Gasteiger partial charge in [-0.05, 0) is 63.4 Å². The van der Waals surface area contributed by atoms with Crippen LogP contribution in [0.5, 0.6) is 0 Å². The van der Waals surface area contributed by atoms with E-state index in [1.807, 2.05) is 0 Å². The van der Waals surface area contributed by atoms with Gasteiger partial charge in [0.25, 0.3) is 0 Å². The number of benzene rings is 1. The molecular formula is C23H31FO2. The molecule has 0 bridgehead atoms. The lowest BCUT2D eigenvalue weighted by Gasteiger charge is -2.29. The van der Waals surface area contributed by atoms with Gasteiger partial charge in [0.05, 0.1) is 19.0 Å². The predicted octanol–water partition coefficient (Wildman–Crippen LogP) is 6.29. The van der Waals surface area contributed by atoms with Crippen molar-refractivity contribution in [3.8, 4) is 0 Å². The van der Waals surface area contributed by atoms with Crippen molar-refractivity contribution in [3.63, 3.8) is 0 Å². The van der Waals surface area contributed by atoms with E-state index in [1.54, 1.807) is 6.08 Å². The van der Waals surface area contributed by atoms with Crippen LogP contribution < -0.4 is 0 Å². The molecule has 0 aromatic heterocycles. The van der Waals surface area contributed by atoms with E-state index in [1.165, 1.54) is 5.56 Å². The van der Waals surface area contributed by atoms with Crippen molar-refractivity contribution >= 4 is 0 Å². The summed E-state index contributed by atoms with van der Waals surface area (Å²) in [5.74, 6) is 1.19. The van der Waals surface area contributed by atoms with Crippen LogP contribution in [0.4, 0.5) is 4.39 Å².